The molecule has 0 atom stereocenters. The number of methoxy groups -OCH3 is 1. The van der Waals surface area contributed by atoms with Gasteiger partial charge in [-0.15, -0.1) is 0 Å². The lowest BCUT2D eigenvalue weighted by molar-refractivity contribution is -0.132. The van der Waals surface area contributed by atoms with Gasteiger partial charge in [0, 0.05) is 20.1 Å². The Balaban J connectivity index is 3.00. The molecular formula is C19H30N2O7S. The molecule has 0 unspecified atom stereocenters. The minimum Gasteiger partial charge on any atom is -0.497 e. The molecule has 1 rings (SSSR count). The monoisotopic (exact) mass is 430 g/mol. The minimum atomic E-state index is -3.81. The molecule has 0 fully saturated rings. The van der Waals surface area contributed by atoms with Crippen LogP contribution in [0, 0.1) is 13.8 Å². The summed E-state index contributed by atoms with van der Waals surface area (Å²) < 4.78 is 42.4. The van der Waals surface area contributed by atoms with Gasteiger partial charge in [-0.1, -0.05) is 0 Å². The average molecular weight is 431 g/mol. The first-order chi connectivity index (χ1) is 13.3. The number of carbonyl (C=O) groups excluding carboxylic acids is 2. The lowest BCUT2D eigenvalue weighted by Crippen LogP contribution is -2.43. The van der Waals surface area contributed by atoms with E-state index in [2.05, 4.69) is 4.74 Å². The zero-order chi connectivity index (χ0) is 22.4. The summed E-state index contributed by atoms with van der Waals surface area (Å²) in [7, 11) is -0.876. The average Bonchev–Trinajstić information content (AvgIpc) is 2.58. The third-order valence-corrected chi connectivity index (χ3v) is 6.14. The Kier molecular flexibility index (Phi) is 8.46. The zero-order valence-electron chi connectivity index (χ0n) is 18.0. The van der Waals surface area contributed by atoms with E-state index >= 15 is 0 Å². The number of amides is 1. The molecule has 164 valence electrons. The van der Waals surface area contributed by atoms with Gasteiger partial charge in [0.05, 0.1) is 12.0 Å². The molecular weight excluding hydrogens is 400 g/mol. The maximum absolute atomic E-state index is 13.1. The maximum atomic E-state index is 13.1. The van der Waals surface area contributed by atoms with Crippen molar-refractivity contribution in [1.82, 2.24) is 9.21 Å². The van der Waals surface area contributed by atoms with Crippen molar-refractivity contribution in [3.05, 3.63) is 23.3 Å². The molecule has 0 radical (unpaired) electrons. The second-order valence-electron chi connectivity index (χ2n) is 7.55. The predicted octanol–water partition coefficient (Wildman–Crippen LogP) is 2.30. The molecule has 0 aliphatic carbocycles. The molecule has 1 amide bonds. The molecule has 0 heterocycles. The number of benzene rings is 1. The Morgan fingerprint density at radius 2 is 1.69 bits per heavy atom. The van der Waals surface area contributed by atoms with Gasteiger partial charge in [0.25, 0.3) is 6.47 Å². The topological polar surface area (TPSA) is 102 Å². The lowest BCUT2D eigenvalue weighted by atomic mass is 10.1. The van der Waals surface area contributed by atoms with Gasteiger partial charge in [0.1, 0.15) is 11.4 Å². The molecule has 1 aromatic carbocycles. The first-order valence-electron chi connectivity index (χ1n) is 8.98. The van der Waals surface area contributed by atoms with E-state index in [0.29, 0.717) is 16.9 Å². The van der Waals surface area contributed by atoms with Crippen LogP contribution in [0.3, 0.4) is 0 Å². The summed E-state index contributed by atoms with van der Waals surface area (Å²) in [6.45, 7) is 8.33. The number of rotatable bonds is 9. The normalized spacial score (nSPS) is 11.9. The highest BCUT2D eigenvalue weighted by Gasteiger charge is 2.28. The Hall–Kier alpha value is -2.33. The van der Waals surface area contributed by atoms with Gasteiger partial charge in [-0.25, -0.2) is 13.2 Å². The van der Waals surface area contributed by atoms with Gasteiger partial charge < -0.3 is 14.2 Å². The third kappa shape index (κ3) is 6.90. The van der Waals surface area contributed by atoms with Crippen molar-refractivity contribution in [2.24, 2.45) is 0 Å². The predicted molar refractivity (Wildman–Crippen MR) is 107 cm³/mol. The van der Waals surface area contributed by atoms with Crippen LogP contribution in [0.2, 0.25) is 0 Å². The van der Waals surface area contributed by atoms with E-state index in [4.69, 9.17) is 9.47 Å². The molecule has 29 heavy (non-hydrogen) atoms. The fourth-order valence-corrected chi connectivity index (χ4v) is 4.19. The molecule has 0 aliphatic rings. The minimum absolute atomic E-state index is 0.0191. The standard InChI is InChI=1S/C19H30N2O7S/c1-14-10-16(26-7)11-15(2)17(14)29(24,25)20(6)8-9-21(12-27-13-22)18(23)28-19(3,4)5/h10-11,13H,8-9,12H2,1-7H3. The van der Waals surface area contributed by atoms with E-state index in [9.17, 15) is 18.0 Å². The fraction of sp³-hybridized carbons (Fsp3) is 0.579. The van der Waals surface area contributed by atoms with Crippen LogP contribution in [0.1, 0.15) is 31.9 Å². The number of nitrogens with zero attached hydrogens (tertiary/aromatic N) is 2. The van der Waals surface area contributed by atoms with Crippen molar-refractivity contribution >= 4 is 22.6 Å². The van der Waals surface area contributed by atoms with E-state index in [0.717, 1.165) is 9.21 Å². The quantitative estimate of drug-likeness (QED) is 0.437. The van der Waals surface area contributed by atoms with Crippen LogP contribution in [0.25, 0.3) is 0 Å². The Bertz CT molecular complexity index is 808. The first kappa shape index (κ1) is 24.7. The van der Waals surface area contributed by atoms with E-state index in [1.807, 2.05) is 0 Å². The molecule has 1 aromatic rings. The van der Waals surface area contributed by atoms with Crippen molar-refractivity contribution in [3.63, 3.8) is 0 Å². The highest BCUT2D eigenvalue weighted by molar-refractivity contribution is 7.89. The van der Waals surface area contributed by atoms with Gasteiger partial charge in [0.2, 0.25) is 10.0 Å². The summed E-state index contributed by atoms with van der Waals surface area (Å²) in [4.78, 5) is 24.1. The van der Waals surface area contributed by atoms with Crippen molar-refractivity contribution in [2.75, 3.05) is 34.0 Å². The van der Waals surface area contributed by atoms with Crippen LogP contribution in [-0.4, -0.2) is 69.8 Å². The van der Waals surface area contributed by atoms with E-state index in [1.165, 1.54) is 14.2 Å². The van der Waals surface area contributed by atoms with Gasteiger partial charge in [-0.3, -0.25) is 9.69 Å². The summed E-state index contributed by atoms with van der Waals surface area (Å²) in [6.07, 6.45) is -0.707. The number of sulfonamides is 1. The van der Waals surface area contributed by atoms with E-state index in [-0.39, 0.29) is 31.2 Å². The highest BCUT2D eigenvalue weighted by Crippen LogP contribution is 2.27. The fourth-order valence-electron chi connectivity index (χ4n) is 2.63. The molecule has 0 bridgehead atoms. The van der Waals surface area contributed by atoms with E-state index < -0.39 is 21.7 Å². The lowest BCUT2D eigenvalue weighted by Gasteiger charge is -2.28. The van der Waals surface area contributed by atoms with E-state index in [1.54, 1.807) is 46.8 Å². The smallest absolute Gasteiger partial charge is 0.413 e. The number of hydrogen-bond acceptors (Lipinski definition) is 7. The SMILES string of the molecule is COc1cc(C)c(S(=O)(=O)N(C)CCN(COC=O)C(=O)OC(C)(C)C)c(C)c1. The highest BCUT2D eigenvalue weighted by atomic mass is 32.2. The Morgan fingerprint density at radius 1 is 1.14 bits per heavy atom. The number of likely N-dealkylation sites (N-methyl/N-ethyl adjacent to an activating group) is 1. The molecule has 0 saturated carbocycles. The molecule has 0 aliphatic heterocycles. The van der Waals surface area contributed by atoms with Crippen molar-refractivity contribution in [2.45, 2.75) is 45.1 Å². The van der Waals surface area contributed by atoms with Crippen molar-refractivity contribution in [3.8, 4) is 5.75 Å². The first-order valence-corrected chi connectivity index (χ1v) is 10.4. The molecule has 0 spiro atoms. The second-order valence-corrected chi connectivity index (χ2v) is 9.53. The zero-order valence-corrected chi connectivity index (χ0v) is 18.8. The van der Waals surface area contributed by atoms with Gasteiger partial charge in [-0.2, -0.15) is 4.31 Å². The molecule has 0 aromatic heterocycles. The summed E-state index contributed by atoms with van der Waals surface area (Å²) in [5.41, 5.74) is 0.371. The molecule has 0 saturated heterocycles. The second kappa shape index (κ2) is 9.93. The molecule has 9 nitrogen and oxygen atoms in total. The van der Waals surface area contributed by atoms with Gasteiger partial charge in [0.15, 0.2) is 6.73 Å². The number of ether oxygens (including phenoxy) is 3. The summed E-state index contributed by atoms with van der Waals surface area (Å²) in [5, 5.41) is 0. The van der Waals surface area contributed by atoms with Crippen LogP contribution in [0.15, 0.2) is 17.0 Å². The van der Waals surface area contributed by atoms with Crippen LogP contribution in [0.4, 0.5) is 4.79 Å². The molecule has 0 N–H and O–H groups in total. The number of hydrogen-bond donors (Lipinski definition) is 0. The Morgan fingerprint density at radius 3 is 2.14 bits per heavy atom. The Labute approximate surface area is 172 Å². The summed E-state index contributed by atoms with van der Waals surface area (Å²) in [6, 6.07) is 3.30. The van der Waals surface area contributed by atoms with Crippen molar-refractivity contribution in [1.29, 1.82) is 0 Å². The molecule has 10 heteroatoms. The van der Waals surface area contributed by atoms with Gasteiger partial charge in [-0.05, 0) is 57.9 Å². The largest absolute Gasteiger partial charge is 0.497 e. The number of carbonyl (C=O) groups is 2. The van der Waals surface area contributed by atoms with Crippen LogP contribution in [0.5, 0.6) is 5.75 Å². The van der Waals surface area contributed by atoms with Crippen LogP contribution in [-0.2, 0) is 24.3 Å². The van der Waals surface area contributed by atoms with Crippen LogP contribution < -0.4 is 4.74 Å². The maximum Gasteiger partial charge on any atom is 0.413 e. The van der Waals surface area contributed by atoms with Crippen molar-refractivity contribution < 1.29 is 32.2 Å². The van der Waals surface area contributed by atoms with Crippen LogP contribution >= 0.6 is 0 Å². The number of aryl methyl sites for hydroxylation is 2. The summed E-state index contributed by atoms with van der Waals surface area (Å²) in [5.74, 6) is 0.573. The summed E-state index contributed by atoms with van der Waals surface area (Å²) >= 11 is 0. The third-order valence-electron chi connectivity index (χ3n) is 3.97. The van der Waals surface area contributed by atoms with Gasteiger partial charge >= 0.3 is 6.09 Å².